The lowest BCUT2D eigenvalue weighted by molar-refractivity contribution is -0.130. The average molecular weight is 384 g/mol. The number of aryl methyl sites for hydroxylation is 1. The Bertz CT molecular complexity index is 675. The predicted molar refractivity (Wildman–Crippen MR) is 88.6 cm³/mol. The largest absolute Gasteiger partial charge is 0.496 e. The highest BCUT2D eigenvalue weighted by Crippen LogP contribution is 2.21. The third-order valence-electron chi connectivity index (χ3n) is 3.46. The molecular formula is C16H19BrFN3O2. The molecule has 0 bridgehead atoms. The Hall–Kier alpha value is -1.89. The van der Waals surface area contributed by atoms with Crippen molar-refractivity contribution in [3.8, 4) is 5.75 Å². The Morgan fingerprint density at radius 2 is 2.26 bits per heavy atom. The molecule has 7 heteroatoms. The molecule has 0 fully saturated rings. The molecule has 1 amide bonds. The van der Waals surface area contributed by atoms with Crippen LogP contribution < -0.4 is 4.74 Å². The van der Waals surface area contributed by atoms with Gasteiger partial charge in [-0.15, -0.1) is 0 Å². The summed E-state index contributed by atoms with van der Waals surface area (Å²) in [5, 5.41) is 4.14. The van der Waals surface area contributed by atoms with Gasteiger partial charge in [0.05, 0.1) is 17.8 Å². The van der Waals surface area contributed by atoms with E-state index in [4.69, 9.17) is 4.74 Å². The van der Waals surface area contributed by atoms with Gasteiger partial charge >= 0.3 is 0 Å². The van der Waals surface area contributed by atoms with Gasteiger partial charge in [0.25, 0.3) is 0 Å². The molecule has 0 unspecified atom stereocenters. The van der Waals surface area contributed by atoms with Crippen LogP contribution in [0, 0.1) is 5.82 Å². The van der Waals surface area contributed by atoms with Crippen LogP contribution in [0.5, 0.6) is 5.75 Å². The third-order valence-corrected chi connectivity index (χ3v) is 3.86. The van der Waals surface area contributed by atoms with Crippen LogP contribution in [-0.2, 0) is 17.9 Å². The summed E-state index contributed by atoms with van der Waals surface area (Å²) in [7, 11) is 3.23. The summed E-state index contributed by atoms with van der Waals surface area (Å²) < 4.78 is 21.3. The van der Waals surface area contributed by atoms with Gasteiger partial charge in [-0.2, -0.15) is 5.10 Å². The molecule has 0 aliphatic rings. The van der Waals surface area contributed by atoms with Crippen molar-refractivity contribution < 1.29 is 13.9 Å². The average Bonchev–Trinajstić information content (AvgIpc) is 2.93. The fourth-order valence-corrected chi connectivity index (χ4v) is 2.59. The fraction of sp³-hybridized carbons (Fsp3) is 0.375. The number of carbonyl (C=O) groups excluding carboxylic acids is 1. The van der Waals surface area contributed by atoms with Crippen LogP contribution >= 0.6 is 15.9 Å². The Morgan fingerprint density at radius 3 is 2.91 bits per heavy atom. The molecule has 5 nitrogen and oxygen atoms in total. The smallest absolute Gasteiger partial charge is 0.222 e. The molecule has 124 valence electrons. The van der Waals surface area contributed by atoms with Gasteiger partial charge < -0.3 is 9.64 Å². The molecule has 1 aromatic heterocycles. The zero-order valence-corrected chi connectivity index (χ0v) is 14.7. The maximum absolute atomic E-state index is 13.4. The first kappa shape index (κ1) is 17.5. The number of amides is 1. The van der Waals surface area contributed by atoms with Crippen LogP contribution in [0.15, 0.2) is 35.1 Å². The molecule has 0 aliphatic carbocycles. The molecule has 0 spiro atoms. The van der Waals surface area contributed by atoms with Crippen molar-refractivity contribution in [2.75, 3.05) is 14.2 Å². The van der Waals surface area contributed by atoms with E-state index in [1.807, 2.05) is 6.20 Å². The molecule has 1 aromatic carbocycles. The topological polar surface area (TPSA) is 47.4 Å². The zero-order valence-electron chi connectivity index (χ0n) is 13.1. The van der Waals surface area contributed by atoms with Gasteiger partial charge in [0.15, 0.2) is 0 Å². The SMILES string of the molecule is COc1ccc(F)cc1CN(C)C(=O)CCCn1cc(Br)cn1. The molecular weight excluding hydrogens is 365 g/mol. The van der Waals surface area contributed by atoms with Gasteiger partial charge in [-0.3, -0.25) is 9.48 Å². The van der Waals surface area contributed by atoms with Crippen LogP contribution in [-0.4, -0.2) is 34.7 Å². The molecule has 0 aliphatic heterocycles. The van der Waals surface area contributed by atoms with Crippen molar-refractivity contribution in [1.29, 1.82) is 0 Å². The number of hydrogen-bond donors (Lipinski definition) is 0. The van der Waals surface area contributed by atoms with Crippen LogP contribution in [0.3, 0.4) is 0 Å². The molecule has 23 heavy (non-hydrogen) atoms. The van der Waals surface area contributed by atoms with Crippen LogP contribution in [0.1, 0.15) is 18.4 Å². The number of carbonyl (C=O) groups is 1. The quantitative estimate of drug-likeness (QED) is 0.737. The molecule has 0 saturated heterocycles. The van der Waals surface area contributed by atoms with Crippen molar-refractivity contribution in [2.45, 2.75) is 25.9 Å². The van der Waals surface area contributed by atoms with Gasteiger partial charge in [-0.05, 0) is 40.5 Å². The van der Waals surface area contributed by atoms with E-state index in [0.29, 0.717) is 37.2 Å². The number of aromatic nitrogens is 2. The molecule has 0 N–H and O–H groups in total. The van der Waals surface area contributed by atoms with E-state index in [9.17, 15) is 9.18 Å². The Balaban J connectivity index is 1.86. The summed E-state index contributed by atoms with van der Waals surface area (Å²) in [5.41, 5.74) is 0.652. The number of hydrogen-bond acceptors (Lipinski definition) is 3. The van der Waals surface area contributed by atoms with E-state index in [1.165, 1.54) is 19.2 Å². The summed E-state index contributed by atoms with van der Waals surface area (Å²) >= 11 is 3.33. The van der Waals surface area contributed by atoms with Gasteiger partial charge in [0, 0.05) is 38.3 Å². The number of methoxy groups -OCH3 is 1. The van der Waals surface area contributed by atoms with Crippen molar-refractivity contribution in [3.63, 3.8) is 0 Å². The summed E-state index contributed by atoms with van der Waals surface area (Å²) in [6.45, 7) is 0.988. The van der Waals surface area contributed by atoms with Crippen LogP contribution in [0.25, 0.3) is 0 Å². The third kappa shape index (κ3) is 5.06. The second-order valence-corrected chi connectivity index (χ2v) is 6.15. The van der Waals surface area contributed by atoms with Crippen molar-refractivity contribution in [2.24, 2.45) is 0 Å². The lowest BCUT2D eigenvalue weighted by atomic mass is 10.1. The Labute approximate surface area is 143 Å². The van der Waals surface area contributed by atoms with Gasteiger partial charge in [0.1, 0.15) is 11.6 Å². The summed E-state index contributed by atoms with van der Waals surface area (Å²) in [5.74, 6) is 0.237. The molecule has 1 heterocycles. The summed E-state index contributed by atoms with van der Waals surface area (Å²) in [6.07, 6.45) is 4.68. The first-order valence-electron chi connectivity index (χ1n) is 7.24. The maximum Gasteiger partial charge on any atom is 0.222 e. The van der Waals surface area contributed by atoms with E-state index in [0.717, 1.165) is 4.47 Å². The van der Waals surface area contributed by atoms with E-state index in [2.05, 4.69) is 21.0 Å². The Morgan fingerprint density at radius 1 is 1.48 bits per heavy atom. The van der Waals surface area contributed by atoms with Gasteiger partial charge in [0.2, 0.25) is 5.91 Å². The highest BCUT2D eigenvalue weighted by atomic mass is 79.9. The Kier molecular flexibility index (Phi) is 6.15. The van der Waals surface area contributed by atoms with E-state index in [1.54, 1.807) is 28.9 Å². The van der Waals surface area contributed by atoms with Gasteiger partial charge in [-0.25, -0.2) is 4.39 Å². The maximum atomic E-state index is 13.4. The van der Waals surface area contributed by atoms with Crippen LogP contribution in [0.4, 0.5) is 4.39 Å². The van der Waals surface area contributed by atoms with E-state index in [-0.39, 0.29) is 11.7 Å². The normalized spacial score (nSPS) is 10.6. The number of halogens is 2. The van der Waals surface area contributed by atoms with Crippen molar-refractivity contribution >= 4 is 21.8 Å². The lowest BCUT2D eigenvalue weighted by Crippen LogP contribution is -2.26. The minimum absolute atomic E-state index is 0.00235. The molecule has 2 rings (SSSR count). The zero-order chi connectivity index (χ0) is 16.8. The first-order chi connectivity index (χ1) is 11.0. The van der Waals surface area contributed by atoms with Gasteiger partial charge in [-0.1, -0.05) is 0 Å². The minimum atomic E-state index is -0.342. The fourth-order valence-electron chi connectivity index (χ4n) is 2.26. The number of ether oxygens (including phenoxy) is 1. The second-order valence-electron chi connectivity index (χ2n) is 5.23. The number of benzene rings is 1. The highest BCUT2D eigenvalue weighted by Gasteiger charge is 2.13. The van der Waals surface area contributed by atoms with E-state index < -0.39 is 0 Å². The molecule has 0 atom stereocenters. The monoisotopic (exact) mass is 383 g/mol. The first-order valence-corrected chi connectivity index (χ1v) is 8.03. The molecule has 0 radical (unpaired) electrons. The standard InChI is InChI=1S/C16H19BrFN3O2/c1-20(10-12-8-14(18)5-6-15(12)23-2)16(22)4-3-7-21-11-13(17)9-19-21/h5-6,8-9,11H,3-4,7,10H2,1-2H3. The molecule has 2 aromatic rings. The lowest BCUT2D eigenvalue weighted by Gasteiger charge is -2.19. The second kappa shape index (κ2) is 8.10. The number of nitrogens with zero attached hydrogens (tertiary/aromatic N) is 3. The van der Waals surface area contributed by atoms with E-state index >= 15 is 0 Å². The van der Waals surface area contributed by atoms with Crippen LogP contribution in [0.2, 0.25) is 0 Å². The minimum Gasteiger partial charge on any atom is -0.496 e. The van der Waals surface area contributed by atoms with Crippen molar-refractivity contribution in [1.82, 2.24) is 14.7 Å². The summed E-state index contributed by atoms with van der Waals surface area (Å²) in [6, 6.07) is 4.30. The number of rotatable bonds is 7. The molecule has 0 saturated carbocycles. The predicted octanol–water partition coefficient (Wildman–Crippen LogP) is 3.23. The van der Waals surface area contributed by atoms with Crippen molar-refractivity contribution in [3.05, 3.63) is 46.4 Å². The summed E-state index contributed by atoms with van der Waals surface area (Å²) in [4.78, 5) is 13.8. The highest BCUT2D eigenvalue weighted by molar-refractivity contribution is 9.10.